The monoisotopic (exact) mass is 387 g/mol. The van der Waals surface area contributed by atoms with Crippen molar-refractivity contribution in [2.45, 2.75) is 31.8 Å². The number of nitrogens with zero attached hydrogens (tertiary/aromatic N) is 3. The second-order valence-electron chi connectivity index (χ2n) is 7.63. The summed E-state index contributed by atoms with van der Waals surface area (Å²) in [4.78, 5) is 17.0. The summed E-state index contributed by atoms with van der Waals surface area (Å²) in [5.41, 5.74) is 2.50. The predicted molar refractivity (Wildman–Crippen MR) is 104 cm³/mol. The van der Waals surface area contributed by atoms with E-state index in [4.69, 9.17) is 9.15 Å². The Morgan fingerprint density at radius 2 is 2.18 bits per heavy atom. The molecule has 2 fully saturated rings. The second kappa shape index (κ2) is 9.36. The Morgan fingerprint density at radius 1 is 1.29 bits per heavy atom. The fourth-order valence-corrected chi connectivity index (χ4v) is 4.09. The number of amides is 1. The third-order valence-electron chi connectivity index (χ3n) is 5.57. The summed E-state index contributed by atoms with van der Waals surface area (Å²) in [5, 5.41) is 10.5. The van der Waals surface area contributed by atoms with Crippen LogP contribution in [0.4, 0.5) is 0 Å². The number of likely N-dealkylation sites (tertiary alicyclic amines) is 1. The molecule has 4 heterocycles. The van der Waals surface area contributed by atoms with Gasteiger partial charge in [0.2, 0.25) is 5.91 Å². The van der Waals surface area contributed by atoms with Crippen LogP contribution in [-0.2, 0) is 22.6 Å². The van der Waals surface area contributed by atoms with Gasteiger partial charge in [-0.1, -0.05) is 0 Å². The maximum absolute atomic E-state index is 12.3. The number of furan rings is 1. The number of piperidine rings is 1. The molecule has 2 aliphatic heterocycles. The van der Waals surface area contributed by atoms with Crippen LogP contribution >= 0.6 is 0 Å². The first-order valence-electron chi connectivity index (χ1n) is 10.1. The Bertz CT molecular complexity index is 739. The van der Waals surface area contributed by atoms with Gasteiger partial charge in [-0.15, -0.1) is 0 Å². The number of aromatic amines is 1. The van der Waals surface area contributed by atoms with Crippen molar-refractivity contribution < 1.29 is 13.9 Å². The molecule has 0 saturated carbocycles. The van der Waals surface area contributed by atoms with Crippen LogP contribution in [0.2, 0.25) is 0 Å². The van der Waals surface area contributed by atoms with E-state index in [0.29, 0.717) is 19.0 Å². The Labute approximate surface area is 165 Å². The summed E-state index contributed by atoms with van der Waals surface area (Å²) in [5.74, 6) is 1.20. The van der Waals surface area contributed by atoms with E-state index in [-0.39, 0.29) is 5.91 Å². The van der Waals surface area contributed by atoms with Gasteiger partial charge in [-0.05, 0) is 31.5 Å². The summed E-state index contributed by atoms with van der Waals surface area (Å²) < 4.78 is 10.7. The van der Waals surface area contributed by atoms with Crippen LogP contribution in [0, 0.1) is 0 Å². The predicted octanol–water partition coefficient (Wildman–Crippen LogP) is 1.33. The fraction of sp³-hybridized carbons (Fsp3) is 0.600. The summed E-state index contributed by atoms with van der Waals surface area (Å²) in [6, 6.07) is 3.70. The molecule has 0 spiro atoms. The van der Waals surface area contributed by atoms with Crippen LogP contribution in [0.3, 0.4) is 0 Å². The lowest BCUT2D eigenvalue weighted by atomic mass is 9.92. The Morgan fingerprint density at radius 3 is 3.00 bits per heavy atom. The maximum Gasteiger partial charge on any atom is 0.234 e. The van der Waals surface area contributed by atoms with E-state index in [0.717, 1.165) is 64.5 Å². The second-order valence-corrected chi connectivity index (χ2v) is 7.63. The molecule has 2 aromatic heterocycles. The highest BCUT2D eigenvalue weighted by Gasteiger charge is 2.26. The van der Waals surface area contributed by atoms with Crippen LogP contribution in [0.1, 0.15) is 35.8 Å². The smallest absolute Gasteiger partial charge is 0.234 e. The van der Waals surface area contributed by atoms with E-state index in [1.54, 1.807) is 6.26 Å². The molecule has 152 valence electrons. The standard InChI is InChI=1S/C20H29N5O3/c26-19(21-12-18-4-2-8-28-18)15-25-5-1-3-16(13-25)20-17(11-22-23-20)14-24-6-9-27-10-7-24/h2,4,8,11,16H,1,3,5-7,9-10,12-15H2,(H,21,26)(H,22,23)/t16-/m1/s1. The normalized spacial score (nSPS) is 21.6. The molecular formula is C20H29N5O3. The Hall–Kier alpha value is -2.16. The Balaban J connectivity index is 1.30. The van der Waals surface area contributed by atoms with Crippen LogP contribution in [0.15, 0.2) is 29.0 Å². The number of hydrogen-bond donors (Lipinski definition) is 2. The van der Waals surface area contributed by atoms with Crippen molar-refractivity contribution in [1.29, 1.82) is 0 Å². The average molecular weight is 387 g/mol. The molecule has 2 saturated heterocycles. The number of H-pyrrole nitrogens is 1. The lowest BCUT2D eigenvalue weighted by Crippen LogP contribution is -2.42. The summed E-state index contributed by atoms with van der Waals surface area (Å²) in [6.07, 6.45) is 5.80. The highest BCUT2D eigenvalue weighted by atomic mass is 16.5. The van der Waals surface area contributed by atoms with Crippen molar-refractivity contribution in [1.82, 2.24) is 25.3 Å². The molecule has 28 heavy (non-hydrogen) atoms. The largest absolute Gasteiger partial charge is 0.467 e. The average Bonchev–Trinajstić information content (AvgIpc) is 3.39. The van der Waals surface area contributed by atoms with Crippen LogP contribution in [-0.4, -0.2) is 71.8 Å². The van der Waals surface area contributed by atoms with Gasteiger partial charge in [0.1, 0.15) is 5.76 Å². The van der Waals surface area contributed by atoms with E-state index in [2.05, 4.69) is 25.3 Å². The number of rotatable bonds is 7. The van der Waals surface area contributed by atoms with Crippen molar-refractivity contribution in [3.8, 4) is 0 Å². The highest BCUT2D eigenvalue weighted by molar-refractivity contribution is 5.77. The van der Waals surface area contributed by atoms with Gasteiger partial charge in [-0.2, -0.15) is 5.10 Å². The minimum Gasteiger partial charge on any atom is -0.467 e. The van der Waals surface area contributed by atoms with E-state index in [9.17, 15) is 4.79 Å². The minimum atomic E-state index is 0.0372. The fourth-order valence-electron chi connectivity index (χ4n) is 4.09. The third-order valence-corrected chi connectivity index (χ3v) is 5.57. The molecular weight excluding hydrogens is 358 g/mol. The zero-order chi connectivity index (χ0) is 19.2. The summed E-state index contributed by atoms with van der Waals surface area (Å²) >= 11 is 0. The molecule has 0 radical (unpaired) electrons. The van der Waals surface area contributed by atoms with Crippen molar-refractivity contribution in [3.05, 3.63) is 41.6 Å². The molecule has 2 aliphatic rings. The van der Waals surface area contributed by atoms with Gasteiger partial charge in [0, 0.05) is 43.4 Å². The number of hydrogen-bond acceptors (Lipinski definition) is 6. The molecule has 0 unspecified atom stereocenters. The van der Waals surface area contributed by atoms with Crippen LogP contribution in [0.25, 0.3) is 0 Å². The first kappa shape index (κ1) is 19.2. The Kier molecular flexibility index (Phi) is 6.41. The van der Waals surface area contributed by atoms with Gasteiger partial charge < -0.3 is 14.5 Å². The first-order valence-corrected chi connectivity index (χ1v) is 10.1. The molecule has 2 aromatic rings. The molecule has 8 nitrogen and oxygen atoms in total. The summed E-state index contributed by atoms with van der Waals surface area (Å²) in [7, 11) is 0. The lowest BCUT2D eigenvalue weighted by molar-refractivity contribution is -0.122. The first-order chi connectivity index (χ1) is 13.8. The van der Waals surface area contributed by atoms with E-state index in [1.165, 1.54) is 11.3 Å². The van der Waals surface area contributed by atoms with Gasteiger partial charge in [0.25, 0.3) is 0 Å². The number of carbonyl (C=O) groups excluding carboxylic acids is 1. The molecule has 0 aromatic carbocycles. The van der Waals surface area contributed by atoms with E-state index < -0.39 is 0 Å². The van der Waals surface area contributed by atoms with Crippen LogP contribution in [0.5, 0.6) is 0 Å². The molecule has 1 atom stereocenters. The van der Waals surface area contributed by atoms with Gasteiger partial charge in [0.15, 0.2) is 0 Å². The van der Waals surface area contributed by atoms with Crippen molar-refractivity contribution >= 4 is 5.91 Å². The highest BCUT2D eigenvalue weighted by Crippen LogP contribution is 2.28. The molecule has 0 bridgehead atoms. The topological polar surface area (TPSA) is 86.6 Å². The molecule has 2 N–H and O–H groups in total. The van der Waals surface area contributed by atoms with Crippen molar-refractivity contribution in [2.75, 3.05) is 45.9 Å². The maximum atomic E-state index is 12.3. The molecule has 4 rings (SSSR count). The van der Waals surface area contributed by atoms with Gasteiger partial charge in [-0.25, -0.2) is 0 Å². The van der Waals surface area contributed by atoms with Gasteiger partial charge in [0.05, 0.1) is 38.8 Å². The van der Waals surface area contributed by atoms with Crippen molar-refractivity contribution in [2.24, 2.45) is 0 Å². The number of morpholine rings is 1. The zero-order valence-corrected chi connectivity index (χ0v) is 16.2. The summed E-state index contributed by atoms with van der Waals surface area (Å²) in [6.45, 7) is 7.15. The molecule has 1 amide bonds. The quantitative estimate of drug-likeness (QED) is 0.745. The zero-order valence-electron chi connectivity index (χ0n) is 16.2. The third kappa shape index (κ3) is 5.01. The van der Waals surface area contributed by atoms with Gasteiger partial charge in [-0.3, -0.25) is 19.7 Å². The van der Waals surface area contributed by atoms with Gasteiger partial charge >= 0.3 is 0 Å². The minimum absolute atomic E-state index is 0.0372. The van der Waals surface area contributed by atoms with Crippen LogP contribution < -0.4 is 5.32 Å². The number of ether oxygens (including phenoxy) is 1. The van der Waals surface area contributed by atoms with E-state index >= 15 is 0 Å². The number of nitrogens with one attached hydrogen (secondary N) is 2. The SMILES string of the molecule is O=C(CN1CCC[C@@H](c2[nH]ncc2CN2CCOCC2)C1)NCc1ccco1. The lowest BCUT2D eigenvalue weighted by Gasteiger charge is -2.33. The van der Waals surface area contributed by atoms with Crippen molar-refractivity contribution in [3.63, 3.8) is 0 Å². The number of carbonyl (C=O) groups is 1. The molecule has 8 heteroatoms. The van der Waals surface area contributed by atoms with E-state index in [1.807, 2.05) is 18.3 Å². The number of aromatic nitrogens is 2. The molecule has 0 aliphatic carbocycles.